The summed E-state index contributed by atoms with van der Waals surface area (Å²) in [4.78, 5) is 4.42. The standard InChI is InChI=1S/C13H12N4.C2H6/c1-2-17-9-13(15-16-17)11-7-10-5-3-4-6-12(10)14-8-11;1-2/h3-9H,2H2,1H3;1-2H3. The van der Waals surface area contributed by atoms with Gasteiger partial charge in [0.15, 0.2) is 0 Å². The monoisotopic (exact) mass is 254 g/mol. The Morgan fingerprint density at radius 2 is 1.95 bits per heavy atom. The third-order valence-electron chi connectivity index (χ3n) is 2.75. The second kappa shape index (κ2) is 6.09. The summed E-state index contributed by atoms with van der Waals surface area (Å²) in [6.07, 6.45) is 3.78. The summed E-state index contributed by atoms with van der Waals surface area (Å²) in [5.41, 5.74) is 2.87. The predicted octanol–water partition coefficient (Wildman–Crippen LogP) is 3.54. The third kappa shape index (κ3) is 2.78. The molecule has 0 aliphatic heterocycles. The molecule has 0 N–H and O–H groups in total. The van der Waals surface area contributed by atoms with E-state index in [1.54, 1.807) is 0 Å². The molecule has 0 unspecified atom stereocenters. The van der Waals surface area contributed by atoms with Crippen LogP contribution in [-0.2, 0) is 6.54 Å². The molecule has 3 aromatic rings. The number of benzene rings is 1. The number of hydrogen-bond acceptors (Lipinski definition) is 3. The Labute approximate surface area is 113 Å². The van der Waals surface area contributed by atoms with E-state index in [4.69, 9.17) is 0 Å². The summed E-state index contributed by atoms with van der Waals surface area (Å²) < 4.78 is 1.81. The maximum absolute atomic E-state index is 4.42. The zero-order valence-electron chi connectivity index (χ0n) is 11.5. The van der Waals surface area contributed by atoms with Gasteiger partial charge in [-0.25, -0.2) is 0 Å². The van der Waals surface area contributed by atoms with E-state index in [2.05, 4.69) is 27.4 Å². The van der Waals surface area contributed by atoms with Crippen LogP contribution in [0.5, 0.6) is 0 Å². The molecule has 0 radical (unpaired) electrons. The van der Waals surface area contributed by atoms with Gasteiger partial charge in [0.25, 0.3) is 0 Å². The number of pyridine rings is 1. The Hall–Kier alpha value is -2.23. The number of para-hydroxylation sites is 1. The van der Waals surface area contributed by atoms with Crippen molar-refractivity contribution in [2.75, 3.05) is 0 Å². The van der Waals surface area contributed by atoms with Crippen LogP contribution in [0.15, 0.2) is 42.7 Å². The van der Waals surface area contributed by atoms with Gasteiger partial charge in [0.2, 0.25) is 0 Å². The quantitative estimate of drug-likeness (QED) is 0.702. The van der Waals surface area contributed by atoms with Crippen molar-refractivity contribution in [3.63, 3.8) is 0 Å². The highest BCUT2D eigenvalue weighted by Gasteiger charge is 2.04. The van der Waals surface area contributed by atoms with Gasteiger partial charge in [0.1, 0.15) is 5.69 Å². The van der Waals surface area contributed by atoms with Gasteiger partial charge in [0.05, 0.1) is 11.7 Å². The highest BCUT2D eigenvalue weighted by atomic mass is 15.4. The van der Waals surface area contributed by atoms with Crippen molar-refractivity contribution in [2.24, 2.45) is 0 Å². The molecule has 0 aliphatic carbocycles. The predicted molar refractivity (Wildman–Crippen MR) is 77.8 cm³/mol. The molecule has 4 heteroatoms. The first-order valence-corrected chi connectivity index (χ1v) is 6.62. The largest absolute Gasteiger partial charge is 0.256 e. The fourth-order valence-electron chi connectivity index (χ4n) is 1.80. The SMILES string of the molecule is CC.CCn1cc(-c2cnc3ccccc3c2)nn1. The Bertz CT molecular complexity index is 658. The molecule has 0 amide bonds. The Morgan fingerprint density at radius 3 is 2.68 bits per heavy atom. The van der Waals surface area contributed by atoms with Crippen molar-refractivity contribution in [2.45, 2.75) is 27.3 Å². The van der Waals surface area contributed by atoms with Crippen LogP contribution in [0.4, 0.5) is 0 Å². The number of aryl methyl sites for hydroxylation is 1. The third-order valence-corrected chi connectivity index (χ3v) is 2.75. The number of rotatable bonds is 2. The number of fused-ring (bicyclic) bond motifs is 1. The van der Waals surface area contributed by atoms with Gasteiger partial charge in [0, 0.05) is 23.7 Å². The van der Waals surface area contributed by atoms with Crippen LogP contribution in [0.25, 0.3) is 22.2 Å². The van der Waals surface area contributed by atoms with Crippen LogP contribution in [0.1, 0.15) is 20.8 Å². The highest BCUT2D eigenvalue weighted by molar-refractivity contribution is 5.82. The summed E-state index contributed by atoms with van der Waals surface area (Å²) >= 11 is 0. The van der Waals surface area contributed by atoms with Crippen LogP contribution in [0.2, 0.25) is 0 Å². The Balaban J connectivity index is 0.000000637. The van der Waals surface area contributed by atoms with E-state index in [9.17, 15) is 0 Å². The molecule has 0 bridgehead atoms. The molecule has 19 heavy (non-hydrogen) atoms. The van der Waals surface area contributed by atoms with E-state index in [0.29, 0.717) is 0 Å². The summed E-state index contributed by atoms with van der Waals surface area (Å²) in [6, 6.07) is 10.1. The van der Waals surface area contributed by atoms with Crippen molar-refractivity contribution < 1.29 is 0 Å². The molecule has 0 atom stereocenters. The summed E-state index contributed by atoms with van der Waals surface area (Å²) in [7, 11) is 0. The average Bonchev–Trinajstić information content (AvgIpc) is 2.98. The van der Waals surface area contributed by atoms with Crippen LogP contribution >= 0.6 is 0 Å². The lowest BCUT2D eigenvalue weighted by atomic mass is 10.1. The summed E-state index contributed by atoms with van der Waals surface area (Å²) in [5.74, 6) is 0. The van der Waals surface area contributed by atoms with Gasteiger partial charge in [-0.3, -0.25) is 9.67 Å². The van der Waals surface area contributed by atoms with Gasteiger partial charge >= 0.3 is 0 Å². The Morgan fingerprint density at radius 1 is 1.16 bits per heavy atom. The second-order valence-electron chi connectivity index (χ2n) is 3.88. The zero-order valence-corrected chi connectivity index (χ0v) is 11.5. The molecular formula is C15H18N4. The second-order valence-corrected chi connectivity index (χ2v) is 3.88. The molecule has 0 spiro atoms. The molecule has 2 heterocycles. The molecule has 4 nitrogen and oxygen atoms in total. The lowest BCUT2D eigenvalue weighted by Gasteiger charge is -1.99. The van der Waals surface area contributed by atoms with E-state index >= 15 is 0 Å². The minimum absolute atomic E-state index is 0.827. The smallest absolute Gasteiger partial charge is 0.114 e. The van der Waals surface area contributed by atoms with Crippen molar-refractivity contribution in [3.8, 4) is 11.3 Å². The molecule has 0 saturated carbocycles. The van der Waals surface area contributed by atoms with Crippen molar-refractivity contribution in [3.05, 3.63) is 42.7 Å². The maximum Gasteiger partial charge on any atom is 0.114 e. The van der Waals surface area contributed by atoms with E-state index in [1.165, 1.54) is 0 Å². The molecule has 98 valence electrons. The van der Waals surface area contributed by atoms with Gasteiger partial charge in [-0.15, -0.1) is 5.10 Å². The van der Waals surface area contributed by atoms with E-state index in [-0.39, 0.29) is 0 Å². The first-order valence-electron chi connectivity index (χ1n) is 6.62. The van der Waals surface area contributed by atoms with Crippen LogP contribution in [0.3, 0.4) is 0 Å². The van der Waals surface area contributed by atoms with Crippen molar-refractivity contribution in [1.29, 1.82) is 0 Å². The Kier molecular flexibility index (Phi) is 4.23. The zero-order chi connectivity index (χ0) is 13.7. The van der Waals surface area contributed by atoms with Gasteiger partial charge in [-0.1, -0.05) is 37.3 Å². The number of hydrogen-bond donors (Lipinski definition) is 0. The lowest BCUT2D eigenvalue weighted by molar-refractivity contribution is 0.627. The van der Waals surface area contributed by atoms with Gasteiger partial charge < -0.3 is 0 Å². The highest BCUT2D eigenvalue weighted by Crippen LogP contribution is 2.20. The van der Waals surface area contributed by atoms with Crippen molar-refractivity contribution in [1.82, 2.24) is 20.0 Å². The molecule has 0 fully saturated rings. The normalized spacial score (nSPS) is 10.1. The van der Waals surface area contributed by atoms with Crippen LogP contribution in [0, 0.1) is 0 Å². The number of aromatic nitrogens is 4. The van der Waals surface area contributed by atoms with E-state index in [1.807, 2.05) is 56.0 Å². The molecular weight excluding hydrogens is 236 g/mol. The van der Waals surface area contributed by atoms with Crippen molar-refractivity contribution >= 4 is 10.9 Å². The topological polar surface area (TPSA) is 43.6 Å². The molecule has 0 aliphatic rings. The van der Waals surface area contributed by atoms with Crippen LogP contribution in [-0.4, -0.2) is 20.0 Å². The average molecular weight is 254 g/mol. The van der Waals surface area contributed by atoms with E-state index in [0.717, 1.165) is 28.7 Å². The lowest BCUT2D eigenvalue weighted by Crippen LogP contribution is -1.93. The van der Waals surface area contributed by atoms with Crippen LogP contribution < -0.4 is 0 Å². The fraction of sp³-hybridized carbons (Fsp3) is 0.267. The minimum atomic E-state index is 0.827. The molecule has 1 aromatic carbocycles. The first-order chi connectivity index (χ1) is 9.36. The van der Waals surface area contributed by atoms with E-state index < -0.39 is 0 Å². The maximum atomic E-state index is 4.42. The first kappa shape index (κ1) is 13.2. The molecule has 0 saturated heterocycles. The minimum Gasteiger partial charge on any atom is -0.256 e. The summed E-state index contributed by atoms with van der Waals surface area (Å²) in [6.45, 7) is 6.87. The summed E-state index contributed by atoms with van der Waals surface area (Å²) in [5, 5.41) is 9.29. The van der Waals surface area contributed by atoms with Gasteiger partial charge in [-0.2, -0.15) is 0 Å². The molecule has 2 aromatic heterocycles. The number of nitrogens with zero attached hydrogens (tertiary/aromatic N) is 4. The molecule has 3 rings (SSSR count). The van der Waals surface area contributed by atoms with Gasteiger partial charge in [-0.05, 0) is 19.1 Å². The fourth-order valence-corrected chi connectivity index (χ4v) is 1.80.